The van der Waals surface area contributed by atoms with Crippen LogP contribution in [0.25, 0.3) is 11.0 Å². The van der Waals surface area contributed by atoms with E-state index in [9.17, 15) is 13.6 Å². The van der Waals surface area contributed by atoms with Gasteiger partial charge in [-0.2, -0.15) is 0 Å². The van der Waals surface area contributed by atoms with Crippen molar-refractivity contribution in [3.8, 4) is 0 Å². The van der Waals surface area contributed by atoms with Gasteiger partial charge in [0.05, 0.1) is 11.0 Å². The first-order chi connectivity index (χ1) is 14.6. The van der Waals surface area contributed by atoms with Crippen LogP contribution in [0.2, 0.25) is 0 Å². The van der Waals surface area contributed by atoms with Crippen LogP contribution in [0.1, 0.15) is 28.2 Å². The molecule has 0 spiro atoms. The molecule has 4 rings (SSSR count). The Morgan fingerprint density at radius 2 is 1.80 bits per heavy atom. The number of H-pyrrole nitrogens is 1. The molecule has 6 nitrogen and oxygen atoms in total. The number of carbonyl (C=O) groups excluding carboxylic acids is 1. The summed E-state index contributed by atoms with van der Waals surface area (Å²) in [6, 6.07) is 15.2. The quantitative estimate of drug-likeness (QED) is 0.625. The van der Waals surface area contributed by atoms with Gasteiger partial charge in [0, 0.05) is 51.4 Å². The molecule has 0 saturated carbocycles. The van der Waals surface area contributed by atoms with Crippen molar-refractivity contribution in [2.75, 3.05) is 39.3 Å². The Morgan fingerprint density at radius 3 is 2.53 bits per heavy atom. The maximum atomic E-state index is 12.8. The maximum absolute atomic E-state index is 12.8. The number of nitrogens with zero attached hydrogens (tertiary/aromatic N) is 3. The van der Waals surface area contributed by atoms with E-state index in [0.717, 1.165) is 39.3 Å². The Bertz CT molecular complexity index is 984. The molecule has 1 fully saturated rings. The van der Waals surface area contributed by atoms with Crippen LogP contribution >= 0.6 is 0 Å². The van der Waals surface area contributed by atoms with Gasteiger partial charge in [-0.3, -0.25) is 14.6 Å². The number of carbonyl (C=O) groups is 1. The van der Waals surface area contributed by atoms with Crippen molar-refractivity contribution in [3.05, 3.63) is 65.5 Å². The summed E-state index contributed by atoms with van der Waals surface area (Å²) in [6.45, 7) is 6.25. The fourth-order valence-corrected chi connectivity index (χ4v) is 3.72. The number of aromatic amines is 1. The molecule has 8 heteroatoms. The number of hydrogen-bond donors (Lipinski definition) is 2. The largest absolute Gasteiger partial charge is 0.351 e. The predicted molar refractivity (Wildman–Crippen MR) is 112 cm³/mol. The molecule has 0 radical (unpaired) electrons. The second-order valence-corrected chi connectivity index (χ2v) is 7.51. The minimum absolute atomic E-state index is 0.215. The van der Waals surface area contributed by atoms with Crippen molar-refractivity contribution in [2.24, 2.45) is 0 Å². The van der Waals surface area contributed by atoms with Gasteiger partial charge in [-0.25, -0.2) is 13.8 Å². The molecule has 30 heavy (non-hydrogen) atoms. The van der Waals surface area contributed by atoms with Crippen molar-refractivity contribution in [3.63, 3.8) is 0 Å². The Hall–Kier alpha value is -2.84. The van der Waals surface area contributed by atoms with Crippen LogP contribution in [0.5, 0.6) is 0 Å². The molecule has 1 saturated heterocycles. The van der Waals surface area contributed by atoms with Gasteiger partial charge >= 0.3 is 0 Å². The van der Waals surface area contributed by atoms with E-state index in [2.05, 4.69) is 49.4 Å². The lowest BCUT2D eigenvalue weighted by Crippen LogP contribution is -2.48. The van der Waals surface area contributed by atoms with Crippen molar-refractivity contribution >= 4 is 16.9 Å². The fourth-order valence-electron chi connectivity index (χ4n) is 3.72. The molecule has 0 bridgehead atoms. The van der Waals surface area contributed by atoms with Gasteiger partial charge in [0.1, 0.15) is 0 Å². The van der Waals surface area contributed by atoms with E-state index in [4.69, 9.17) is 0 Å². The van der Waals surface area contributed by atoms with Gasteiger partial charge in [-0.15, -0.1) is 0 Å². The average Bonchev–Trinajstić information content (AvgIpc) is 3.19. The third-order valence-corrected chi connectivity index (χ3v) is 5.40. The summed E-state index contributed by atoms with van der Waals surface area (Å²) in [4.78, 5) is 23.6. The molecule has 1 aliphatic heterocycles. The second kappa shape index (κ2) is 9.32. The molecule has 2 aromatic carbocycles. The van der Waals surface area contributed by atoms with E-state index in [1.54, 1.807) is 18.2 Å². The predicted octanol–water partition coefficient (Wildman–Crippen LogP) is 3.05. The number of piperazine rings is 1. The third-order valence-electron chi connectivity index (χ3n) is 5.40. The first kappa shape index (κ1) is 20.4. The number of imidazole rings is 1. The summed E-state index contributed by atoms with van der Waals surface area (Å²) in [5.41, 5.74) is 2.62. The van der Waals surface area contributed by atoms with Crippen LogP contribution in [-0.4, -0.2) is 64.9 Å². The number of aromatic nitrogens is 2. The smallest absolute Gasteiger partial charge is 0.295 e. The van der Waals surface area contributed by atoms with Crippen molar-refractivity contribution in [1.82, 2.24) is 25.1 Å². The van der Waals surface area contributed by atoms with E-state index in [1.165, 1.54) is 5.56 Å². The van der Waals surface area contributed by atoms with Gasteiger partial charge < -0.3 is 10.3 Å². The van der Waals surface area contributed by atoms with Crippen LogP contribution in [0.4, 0.5) is 8.78 Å². The fraction of sp³-hybridized carbons (Fsp3) is 0.364. The highest BCUT2D eigenvalue weighted by atomic mass is 19.3. The topological polar surface area (TPSA) is 64.3 Å². The molecular formula is C22H25F2N5O. The summed E-state index contributed by atoms with van der Waals surface area (Å²) in [5.74, 6) is -0.596. The first-order valence-corrected chi connectivity index (χ1v) is 10.1. The minimum Gasteiger partial charge on any atom is -0.351 e. The summed E-state index contributed by atoms with van der Waals surface area (Å²) in [6.07, 6.45) is -2.66. The zero-order valence-corrected chi connectivity index (χ0v) is 16.7. The highest BCUT2D eigenvalue weighted by Crippen LogP contribution is 2.20. The van der Waals surface area contributed by atoms with Gasteiger partial charge in [-0.1, -0.05) is 30.3 Å². The van der Waals surface area contributed by atoms with Gasteiger partial charge in [-0.05, 0) is 23.8 Å². The van der Waals surface area contributed by atoms with E-state index in [1.807, 2.05) is 6.07 Å². The Labute approximate surface area is 173 Å². The molecule has 3 aromatic rings. The molecule has 2 N–H and O–H groups in total. The monoisotopic (exact) mass is 413 g/mol. The SMILES string of the molecule is O=C(NCCN1CCN(Cc2ccccc2)CC1)c1ccc2nc(C(F)F)[nH]c2c1. The Kier molecular flexibility index (Phi) is 6.35. The lowest BCUT2D eigenvalue weighted by molar-refractivity contribution is 0.0934. The summed E-state index contributed by atoms with van der Waals surface area (Å²) in [5, 5.41) is 2.91. The number of nitrogens with one attached hydrogen (secondary N) is 2. The first-order valence-electron chi connectivity index (χ1n) is 10.1. The van der Waals surface area contributed by atoms with E-state index >= 15 is 0 Å². The molecule has 1 amide bonds. The lowest BCUT2D eigenvalue weighted by atomic mass is 10.2. The van der Waals surface area contributed by atoms with Crippen molar-refractivity contribution in [2.45, 2.75) is 13.0 Å². The Balaban J connectivity index is 1.22. The number of fused-ring (bicyclic) bond motifs is 1. The lowest BCUT2D eigenvalue weighted by Gasteiger charge is -2.34. The van der Waals surface area contributed by atoms with E-state index in [-0.39, 0.29) is 11.7 Å². The number of alkyl halides is 2. The number of amides is 1. The number of rotatable bonds is 7. The van der Waals surface area contributed by atoms with Gasteiger partial charge in [0.2, 0.25) is 0 Å². The van der Waals surface area contributed by atoms with E-state index < -0.39 is 6.43 Å². The minimum atomic E-state index is -2.66. The van der Waals surface area contributed by atoms with Crippen LogP contribution in [-0.2, 0) is 6.54 Å². The van der Waals surface area contributed by atoms with Crippen molar-refractivity contribution < 1.29 is 13.6 Å². The van der Waals surface area contributed by atoms with Crippen LogP contribution in [0.15, 0.2) is 48.5 Å². The van der Waals surface area contributed by atoms with Crippen LogP contribution in [0.3, 0.4) is 0 Å². The molecule has 0 aliphatic carbocycles. The summed E-state index contributed by atoms with van der Waals surface area (Å²) < 4.78 is 25.5. The zero-order valence-electron chi connectivity index (χ0n) is 16.7. The van der Waals surface area contributed by atoms with Crippen LogP contribution < -0.4 is 5.32 Å². The standard InChI is InChI=1S/C22H25F2N5O/c23-20(24)21-26-18-7-6-17(14-19(18)27-21)22(30)25-8-9-28-10-12-29(13-11-28)15-16-4-2-1-3-5-16/h1-7,14,20H,8-13,15H2,(H,25,30)(H,26,27). The molecule has 2 heterocycles. The van der Waals surface area contributed by atoms with Gasteiger partial charge in [0.25, 0.3) is 12.3 Å². The molecule has 158 valence electrons. The third kappa shape index (κ3) is 5.01. The molecule has 1 aromatic heterocycles. The van der Waals surface area contributed by atoms with Crippen molar-refractivity contribution in [1.29, 1.82) is 0 Å². The number of halogens is 2. The molecule has 1 aliphatic rings. The second-order valence-electron chi connectivity index (χ2n) is 7.51. The van der Waals surface area contributed by atoms with E-state index in [0.29, 0.717) is 23.1 Å². The number of benzene rings is 2. The molecule has 0 atom stereocenters. The normalized spacial score (nSPS) is 15.7. The molecular weight excluding hydrogens is 388 g/mol. The zero-order chi connectivity index (χ0) is 20.9. The van der Waals surface area contributed by atoms with Gasteiger partial charge in [0.15, 0.2) is 5.82 Å². The average molecular weight is 413 g/mol. The molecule has 0 unspecified atom stereocenters. The van der Waals surface area contributed by atoms with Crippen LogP contribution in [0, 0.1) is 0 Å². The highest BCUT2D eigenvalue weighted by Gasteiger charge is 2.17. The maximum Gasteiger partial charge on any atom is 0.295 e. The summed E-state index contributed by atoms with van der Waals surface area (Å²) >= 11 is 0. The summed E-state index contributed by atoms with van der Waals surface area (Å²) in [7, 11) is 0. The Morgan fingerprint density at radius 1 is 1.07 bits per heavy atom. The number of hydrogen-bond acceptors (Lipinski definition) is 4. The highest BCUT2D eigenvalue weighted by molar-refractivity contribution is 5.97.